The molecular formula is C16H20N4O2S. The number of rotatable bonds is 6. The van der Waals surface area contributed by atoms with Crippen LogP contribution in [0.2, 0.25) is 0 Å². The number of aromatic nitrogens is 2. The van der Waals surface area contributed by atoms with Crippen LogP contribution >= 0.6 is 12.2 Å². The minimum absolute atomic E-state index is 0.308. The number of ether oxygens (including phenoxy) is 1. The summed E-state index contributed by atoms with van der Waals surface area (Å²) in [6.45, 7) is 4.79. The number of anilines is 2. The van der Waals surface area contributed by atoms with Crippen molar-refractivity contribution in [2.75, 3.05) is 17.2 Å². The quantitative estimate of drug-likeness (QED) is 0.625. The van der Waals surface area contributed by atoms with Gasteiger partial charge >= 0.3 is 5.97 Å². The third-order valence-corrected chi connectivity index (χ3v) is 3.24. The summed E-state index contributed by atoms with van der Waals surface area (Å²) in [5, 5.41) is 6.38. The van der Waals surface area contributed by atoms with E-state index in [1.54, 1.807) is 17.8 Å². The first-order valence-electron chi connectivity index (χ1n) is 7.51. The van der Waals surface area contributed by atoms with Crippen molar-refractivity contribution in [3.63, 3.8) is 0 Å². The fourth-order valence-electron chi connectivity index (χ4n) is 2.09. The molecule has 1 aromatic heterocycles. The number of benzene rings is 1. The first-order valence-corrected chi connectivity index (χ1v) is 7.91. The Labute approximate surface area is 140 Å². The highest BCUT2D eigenvalue weighted by atomic mass is 32.1. The molecule has 0 aliphatic carbocycles. The number of aryl methyl sites for hydroxylation is 1. The second-order valence-electron chi connectivity index (χ2n) is 4.80. The van der Waals surface area contributed by atoms with E-state index in [0.717, 1.165) is 12.1 Å². The van der Waals surface area contributed by atoms with Crippen molar-refractivity contribution in [3.05, 3.63) is 42.4 Å². The molecule has 6 nitrogen and oxygen atoms in total. The van der Waals surface area contributed by atoms with Crippen LogP contribution in [-0.2, 0) is 11.3 Å². The smallest absolute Gasteiger partial charge is 0.358 e. The van der Waals surface area contributed by atoms with Crippen LogP contribution in [0.5, 0.6) is 0 Å². The van der Waals surface area contributed by atoms with E-state index in [0.29, 0.717) is 29.8 Å². The van der Waals surface area contributed by atoms with Crippen LogP contribution in [0, 0.1) is 0 Å². The van der Waals surface area contributed by atoms with Crippen molar-refractivity contribution in [2.24, 2.45) is 0 Å². The third-order valence-electron chi connectivity index (χ3n) is 3.03. The molecule has 0 aliphatic heterocycles. The summed E-state index contributed by atoms with van der Waals surface area (Å²) in [5.74, 6) is -0.0196. The van der Waals surface area contributed by atoms with Crippen LogP contribution in [0.25, 0.3) is 0 Å². The van der Waals surface area contributed by atoms with Gasteiger partial charge in [-0.25, -0.2) is 9.78 Å². The van der Waals surface area contributed by atoms with Gasteiger partial charge in [-0.1, -0.05) is 25.1 Å². The Morgan fingerprint density at radius 1 is 1.26 bits per heavy atom. The summed E-state index contributed by atoms with van der Waals surface area (Å²) < 4.78 is 6.88. The largest absolute Gasteiger partial charge is 0.461 e. The van der Waals surface area contributed by atoms with E-state index in [4.69, 9.17) is 17.0 Å². The van der Waals surface area contributed by atoms with Crippen LogP contribution in [0.1, 0.15) is 30.8 Å². The molecule has 0 fully saturated rings. The highest BCUT2D eigenvalue weighted by molar-refractivity contribution is 7.80. The molecular weight excluding hydrogens is 312 g/mol. The Bertz CT molecular complexity index is 670. The minimum Gasteiger partial charge on any atom is -0.461 e. The molecule has 0 amide bonds. The molecule has 122 valence electrons. The van der Waals surface area contributed by atoms with E-state index >= 15 is 0 Å². The van der Waals surface area contributed by atoms with Crippen molar-refractivity contribution >= 4 is 34.8 Å². The zero-order valence-electron chi connectivity index (χ0n) is 13.2. The van der Waals surface area contributed by atoms with Gasteiger partial charge in [0, 0.05) is 12.2 Å². The van der Waals surface area contributed by atoms with Crippen LogP contribution in [-0.4, -0.2) is 27.2 Å². The van der Waals surface area contributed by atoms with Crippen LogP contribution < -0.4 is 10.6 Å². The van der Waals surface area contributed by atoms with Gasteiger partial charge in [-0.15, -0.1) is 0 Å². The summed E-state index contributed by atoms with van der Waals surface area (Å²) in [7, 11) is 0. The van der Waals surface area contributed by atoms with Gasteiger partial charge in [0.25, 0.3) is 0 Å². The second kappa shape index (κ2) is 8.28. The molecule has 23 heavy (non-hydrogen) atoms. The maximum atomic E-state index is 12.2. The molecule has 0 aliphatic rings. The van der Waals surface area contributed by atoms with E-state index in [2.05, 4.69) is 15.6 Å². The van der Waals surface area contributed by atoms with Gasteiger partial charge in [-0.3, -0.25) is 0 Å². The Hall–Kier alpha value is -2.41. The summed E-state index contributed by atoms with van der Waals surface area (Å²) in [5.41, 5.74) is 1.24. The highest BCUT2D eigenvalue weighted by Crippen LogP contribution is 2.16. The van der Waals surface area contributed by atoms with E-state index in [9.17, 15) is 4.79 Å². The lowest BCUT2D eigenvalue weighted by molar-refractivity contribution is 0.0515. The van der Waals surface area contributed by atoms with Crippen molar-refractivity contribution in [3.8, 4) is 0 Å². The number of imidazole rings is 1. The van der Waals surface area contributed by atoms with Gasteiger partial charge in [0.15, 0.2) is 16.6 Å². The van der Waals surface area contributed by atoms with E-state index < -0.39 is 5.97 Å². The third kappa shape index (κ3) is 4.53. The average molecular weight is 332 g/mol. The molecule has 0 radical (unpaired) electrons. The lowest BCUT2D eigenvalue weighted by Gasteiger charge is -2.11. The zero-order chi connectivity index (χ0) is 16.7. The molecule has 2 rings (SSSR count). The fourth-order valence-corrected chi connectivity index (χ4v) is 2.30. The molecule has 7 heteroatoms. The molecule has 0 saturated carbocycles. The summed E-state index contributed by atoms with van der Waals surface area (Å²) >= 11 is 5.28. The monoisotopic (exact) mass is 332 g/mol. The maximum absolute atomic E-state index is 12.2. The zero-order valence-corrected chi connectivity index (χ0v) is 14.0. The number of hydrogen-bond acceptors (Lipinski definition) is 4. The van der Waals surface area contributed by atoms with Crippen molar-refractivity contribution in [1.82, 2.24) is 9.55 Å². The summed E-state index contributed by atoms with van der Waals surface area (Å²) in [6, 6.07) is 9.54. The van der Waals surface area contributed by atoms with Gasteiger partial charge in [-0.2, -0.15) is 0 Å². The standard InChI is InChI=1S/C16H20N4O2S/c1-3-10-20-11-17-14(13(20)15(21)22-4-2)19-16(23)18-12-8-6-5-7-9-12/h5-9,11H,3-4,10H2,1-2H3,(H2,18,19,23). The number of nitrogens with one attached hydrogen (secondary N) is 2. The van der Waals surface area contributed by atoms with Gasteiger partial charge < -0.3 is 19.9 Å². The van der Waals surface area contributed by atoms with E-state index in [-0.39, 0.29) is 0 Å². The molecule has 0 atom stereocenters. The number of nitrogens with zero attached hydrogens (tertiary/aromatic N) is 2. The van der Waals surface area contributed by atoms with E-state index in [1.165, 1.54) is 0 Å². The average Bonchev–Trinajstić information content (AvgIpc) is 2.91. The van der Waals surface area contributed by atoms with Crippen molar-refractivity contribution in [2.45, 2.75) is 26.8 Å². The minimum atomic E-state index is -0.413. The number of carbonyl (C=O) groups excluding carboxylic acids is 1. The van der Waals surface area contributed by atoms with Crippen molar-refractivity contribution < 1.29 is 9.53 Å². The normalized spacial score (nSPS) is 10.2. The Morgan fingerprint density at radius 3 is 2.65 bits per heavy atom. The van der Waals surface area contributed by atoms with Gasteiger partial charge in [0.2, 0.25) is 0 Å². The molecule has 0 bridgehead atoms. The number of thiocarbonyl (C=S) groups is 1. The van der Waals surface area contributed by atoms with E-state index in [1.807, 2.05) is 37.3 Å². The lowest BCUT2D eigenvalue weighted by atomic mass is 10.3. The predicted molar refractivity (Wildman–Crippen MR) is 94.8 cm³/mol. The second-order valence-corrected chi connectivity index (χ2v) is 5.21. The molecule has 0 spiro atoms. The summed E-state index contributed by atoms with van der Waals surface area (Å²) in [4.78, 5) is 16.4. The molecule has 1 heterocycles. The molecule has 2 aromatic rings. The van der Waals surface area contributed by atoms with Gasteiger partial charge in [-0.05, 0) is 37.7 Å². The summed E-state index contributed by atoms with van der Waals surface area (Å²) in [6.07, 6.45) is 2.50. The SMILES string of the molecule is CCCn1cnc(NC(=S)Nc2ccccc2)c1C(=O)OCC. The maximum Gasteiger partial charge on any atom is 0.358 e. The van der Waals surface area contributed by atoms with Crippen molar-refractivity contribution in [1.29, 1.82) is 0 Å². The first-order chi connectivity index (χ1) is 11.2. The van der Waals surface area contributed by atoms with Crippen LogP contribution in [0.3, 0.4) is 0 Å². The topological polar surface area (TPSA) is 68.2 Å². The number of hydrogen-bond donors (Lipinski definition) is 2. The van der Waals surface area contributed by atoms with Crippen LogP contribution in [0.15, 0.2) is 36.7 Å². The number of esters is 1. The molecule has 0 unspecified atom stereocenters. The van der Waals surface area contributed by atoms with Gasteiger partial charge in [0.05, 0.1) is 12.9 Å². The fraction of sp³-hybridized carbons (Fsp3) is 0.312. The molecule has 2 N–H and O–H groups in total. The number of carbonyl (C=O) groups is 1. The van der Waals surface area contributed by atoms with Gasteiger partial charge in [0.1, 0.15) is 0 Å². The highest BCUT2D eigenvalue weighted by Gasteiger charge is 2.20. The Kier molecular flexibility index (Phi) is 6.10. The first kappa shape index (κ1) is 17.0. The Balaban J connectivity index is 2.15. The number of para-hydroxylation sites is 1. The molecule has 1 aromatic carbocycles. The predicted octanol–water partition coefficient (Wildman–Crippen LogP) is 3.28. The van der Waals surface area contributed by atoms with Crippen LogP contribution in [0.4, 0.5) is 11.5 Å². The lowest BCUT2D eigenvalue weighted by Crippen LogP contribution is -2.22. The molecule has 0 saturated heterocycles. The Morgan fingerprint density at radius 2 is 2.00 bits per heavy atom.